The number of para-hydroxylation sites is 1. The highest BCUT2D eigenvalue weighted by Gasteiger charge is 2.17. The Morgan fingerprint density at radius 1 is 1.03 bits per heavy atom. The first-order valence-corrected chi connectivity index (χ1v) is 10.7. The second-order valence-corrected chi connectivity index (χ2v) is 7.69. The van der Waals surface area contributed by atoms with Crippen molar-refractivity contribution in [2.75, 3.05) is 11.9 Å². The zero-order chi connectivity index (χ0) is 24.1. The van der Waals surface area contributed by atoms with Crippen LogP contribution in [0.2, 0.25) is 0 Å². The summed E-state index contributed by atoms with van der Waals surface area (Å²) in [5, 5.41) is 18.8. The van der Waals surface area contributed by atoms with Crippen molar-refractivity contribution >= 4 is 34.4 Å². The van der Waals surface area contributed by atoms with Crippen LogP contribution in [-0.4, -0.2) is 28.3 Å². The zero-order valence-electron chi connectivity index (χ0n) is 18.8. The van der Waals surface area contributed by atoms with Crippen molar-refractivity contribution in [2.45, 2.75) is 13.8 Å². The molecule has 0 saturated heterocycles. The average Bonchev–Trinajstić information content (AvgIpc) is 3.14. The van der Waals surface area contributed by atoms with Crippen LogP contribution in [0.4, 0.5) is 5.69 Å². The number of carbonyl (C=O) groups is 2. The van der Waals surface area contributed by atoms with Crippen LogP contribution in [-0.2, 0) is 14.3 Å². The molecule has 1 amide bonds. The minimum Gasteiger partial charge on any atom is -0.451 e. The van der Waals surface area contributed by atoms with Crippen LogP contribution in [0.25, 0.3) is 22.5 Å². The lowest BCUT2D eigenvalue weighted by atomic mass is 10.1. The molecule has 0 unspecified atom stereocenters. The van der Waals surface area contributed by atoms with Gasteiger partial charge in [-0.3, -0.25) is 4.79 Å². The Kier molecular flexibility index (Phi) is 6.51. The fraction of sp³-hybridized carbons (Fsp3) is 0.111. The third kappa shape index (κ3) is 4.87. The summed E-state index contributed by atoms with van der Waals surface area (Å²) in [7, 11) is 0. The molecule has 0 radical (unpaired) electrons. The van der Waals surface area contributed by atoms with Gasteiger partial charge in [0.15, 0.2) is 6.61 Å². The molecule has 4 rings (SSSR count). The third-order valence-corrected chi connectivity index (χ3v) is 5.34. The molecule has 168 valence electrons. The van der Waals surface area contributed by atoms with Crippen molar-refractivity contribution in [3.63, 3.8) is 0 Å². The summed E-state index contributed by atoms with van der Waals surface area (Å²) in [4.78, 5) is 24.8. The molecule has 0 aliphatic rings. The van der Waals surface area contributed by atoms with Crippen molar-refractivity contribution in [1.29, 1.82) is 5.26 Å². The highest BCUT2D eigenvalue weighted by atomic mass is 16.5. The lowest BCUT2D eigenvalue weighted by Gasteiger charge is -2.07. The van der Waals surface area contributed by atoms with E-state index in [1.165, 1.54) is 6.08 Å². The topological polar surface area (TPSA) is 97.0 Å². The molecule has 1 heterocycles. The van der Waals surface area contributed by atoms with Crippen molar-refractivity contribution in [3.8, 4) is 11.8 Å². The number of hydrogen-bond donors (Lipinski definition) is 1. The molecule has 7 nitrogen and oxygen atoms in total. The van der Waals surface area contributed by atoms with E-state index in [2.05, 4.69) is 10.4 Å². The average molecular weight is 450 g/mol. The van der Waals surface area contributed by atoms with E-state index in [1.807, 2.05) is 79.7 Å². The van der Waals surface area contributed by atoms with Crippen molar-refractivity contribution in [2.24, 2.45) is 0 Å². The van der Waals surface area contributed by atoms with Gasteiger partial charge in [-0.05, 0) is 55.0 Å². The van der Waals surface area contributed by atoms with Gasteiger partial charge in [0.25, 0.3) is 5.91 Å². The Morgan fingerprint density at radius 3 is 2.47 bits per heavy atom. The Labute approximate surface area is 196 Å². The lowest BCUT2D eigenvalue weighted by Crippen LogP contribution is -2.21. The summed E-state index contributed by atoms with van der Waals surface area (Å²) < 4.78 is 6.84. The number of aromatic nitrogens is 2. The summed E-state index contributed by atoms with van der Waals surface area (Å²) in [5.41, 5.74) is 3.34. The van der Waals surface area contributed by atoms with E-state index in [-0.39, 0.29) is 5.57 Å². The highest BCUT2D eigenvalue weighted by molar-refractivity contribution is 6.00. The first-order chi connectivity index (χ1) is 16.5. The standard InChI is InChI=1S/C27H22N4O3/c1-18-25(19(2)31(30-18)24-10-4-3-5-11-24)15-22(16-28)27(33)34-17-26(32)29-23-13-12-20-8-6-7-9-21(20)14-23/h3-15H,17H2,1-2H3,(H,29,32)/b22-15+. The SMILES string of the molecule is Cc1nn(-c2ccccc2)c(C)c1/C=C(\C#N)C(=O)OCC(=O)Nc1ccc2ccccc2c1. The molecule has 0 spiro atoms. The Balaban J connectivity index is 1.44. The molecule has 0 atom stereocenters. The number of esters is 1. The maximum atomic E-state index is 12.5. The fourth-order valence-electron chi connectivity index (χ4n) is 3.64. The van der Waals surface area contributed by atoms with Gasteiger partial charge >= 0.3 is 5.97 Å². The van der Waals surface area contributed by atoms with E-state index in [1.54, 1.807) is 17.7 Å². The molecule has 0 saturated carbocycles. The molecular formula is C27H22N4O3. The maximum Gasteiger partial charge on any atom is 0.349 e. The number of aryl methyl sites for hydroxylation is 1. The van der Waals surface area contributed by atoms with E-state index >= 15 is 0 Å². The molecule has 0 aliphatic heterocycles. The van der Waals surface area contributed by atoms with Gasteiger partial charge in [-0.15, -0.1) is 0 Å². The summed E-state index contributed by atoms with van der Waals surface area (Å²) >= 11 is 0. The van der Waals surface area contributed by atoms with Crippen LogP contribution in [0.5, 0.6) is 0 Å². The fourth-order valence-corrected chi connectivity index (χ4v) is 3.64. The van der Waals surface area contributed by atoms with Crippen molar-refractivity contribution in [1.82, 2.24) is 9.78 Å². The first-order valence-electron chi connectivity index (χ1n) is 10.7. The van der Waals surface area contributed by atoms with Gasteiger partial charge < -0.3 is 10.1 Å². The molecule has 1 aromatic heterocycles. The number of nitrogens with one attached hydrogen (secondary N) is 1. The van der Waals surface area contributed by atoms with E-state index < -0.39 is 18.5 Å². The monoisotopic (exact) mass is 450 g/mol. The number of rotatable bonds is 6. The van der Waals surface area contributed by atoms with Gasteiger partial charge in [0.1, 0.15) is 11.6 Å². The second kappa shape index (κ2) is 9.84. The smallest absolute Gasteiger partial charge is 0.349 e. The number of nitriles is 1. The number of amides is 1. The normalized spacial score (nSPS) is 11.1. The quantitative estimate of drug-likeness (QED) is 0.260. The van der Waals surface area contributed by atoms with E-state index in [4.69, 9.17) is 4.74 Å². The molecule has 1 N–H and O–H groups in total. The van der Waals surface area contributed by atoms with Crippen LogP contribution in [0.1, 0.15) is 17.0 Å². The van der Waals surface area contributed by atoms with Gasteiger partial charge in [0.2, 0.25) is 0 Å². The third-order valence-electron chi connectivity index (χ3n) is 5.34. The Hall–Kier alpha value is -4.70. The molecule has 0 bridgehead atoms. The van der Waals surface area contributed by atoms with E-state index in [9.17, 15) is 14.9 Å². The van der Waals surface area contributed by atoms with Crippen LogP contribution in [0.3, 0.4) is 0 Å². The van der Waals surface area contributed by atoms with Gasteiger partial charge in [-0.1, -0.05) is 48.5 Å². The van der Waals surface area contributed by atoms with Gasteiger partial charge in [-0.25, -0.2) is 9.48 Å². The largest absolute Gasteiger partial charge is 0.451 e. The molecule has 3 aromatic carbocycles. The maximum absolute atomic E-state index is 12.5. The number of benzene rings is 3. The first kappa shape index (κ1) is 22.5. The highest BCUT2D eigenvalue weighted by Crippen LogP contribution is 2.21. The van der Waals surface area contributed by atoms with Gasteiger partial charge in [-0.2, -0.15) is 10.4 Å². The lowest BCUT2D eigenvalue weighted by molar-refractivity contribution is -0.142. The molecular weight excluding hydrogens is 428 g/mol. The number of carbonyl (C=O) groups excluding carboxylic acids is 2. The molecule has 7 heteroatoms. The Morgan fingerprint density at radius 2 is 1.74 bits per heavy atom. The predicted octanol–water partition coefficient (Wildman–Crippen LogP) is 4.73. The van der Waals surface area contributed by atoms with E-state index in [0.717, 1.165) is 22.2 Å². The summed E-state index contributed by atoms with van der Waals surface area (Å²) in [6.45, 7) is 3.15. The molecule has 0 aliphatic carbocycles. The van der Waals surface area contributed by atoms with Crippen LogP contribution < -0.4 is 5.32 Å². The minimum absolute atomic E-state index is 0.211. The number of hydrogen-bond acceptors (Lipinski definition) is 5. The van der Waals surface area contributed by atoms with Crippen molar-refractivity contribution < 1.29 is 14.3 Å². The number of ether oxygens (including phenoxy) is 1. The van der Waals surface area contributed by atoms with Crippen molar-refractivity contribution in [3.05, 3.63) is 95.3 Å². The van der Waals surface area contributed by atoms with E-state index in [0.29, 0.717) is 16.9 Å². The number of nitrogens with zero attached hydrogens (tertiary/aromatic N) is 3. The van der Waals surface area contributed by atoms with Crippen LogP contribution in [0.15, 0.2) is 78.4 Å². The number of anilines is 1. The zero-order valence-corrected chi connectivity index (χ0v) is 18.8. The van der Waals surface area contributed by atoms with Crippen LogP contribution >= 0.6 is 0 Å². The molecule has 34 heavy (non-hydrogen) atoms. The van der Waals surface area contributed by atoms with Crippen LogP contribution in [0, 0.1) is 25.2 Å². The minimum atomic E-state index is -0.873. The van der Waals surface area contributed by atoms with Gasteiger partial charge in [0, 0.05) is 16.9 Å². The second-order valence-electron chi connectivity index (χ2n) is 7.69. The molecule has 4 aromatic rings. The Bertz CT molecular complexity index is 1450. The number of fused-ring (bicyclic) bond motifs is 1. The predicted molar refractivity (Wildman–Crippen MR) is 130 cm³/mol. The summed E-state index contributed by atoms with van der Waals surface area (Å²) in [5.74, 6) is -1.37. The summed E-state index contributed by atoms with van der Waals surface area (Å²) in [6.07, 6.45) is 1.45. The van der Waals surface area contributed by atoms with Gasteiger partial charge in [0.05, 0.1) is 11.4 Å². The molecule has 0 fully saturated rings. The summed E-state index contributed by atoms with van der Waals surface area (Å²) in [6, 6.07) is 24.7.